The number of ether oxygens (including phenoxy) is 1. The molecule has 38 heavy (non-hydrogen) atoms. The van der Waals surface area contributed by atoms with Crippen LogP contribution in [0, 0.1) is 5.92 Å². The van der Waals surface area contributed by atoms with Crippen molar-refractivity contribution in [2.75, 3.05) is 12.9 Å². The Labute approximate surface area is 230 Å². The third-order valence-corrected chi connectivity index (χ3v) is 9.68. The maximum Gasteiger partial charge on any atom is 0.165 e. The summed E-state index contributed by atoms with van der Waals surface area (Å²) < 4.78 is 11.2. The Balaban J connectivity index is 1.61. The summed E-state index contributed by atoms with van der Waals surface area (Å²) >= 11 is 1.61. The lowest BCUT2D eigenvalue weighted by Crippen LogP contribution is -2.66. The van der Waals surface area contributed by atoms with E-state index in [4.69, 9.17) is 4.74 Å². The van der Waals surface area contributed by atoms with Crippen LogP contribution >= 0.6 is 11.9 Å². The molecular formula is C31H40N4O2S. The fraction of sp³-hybridized carbons (Fsp3) is 0.516. The molecule has 3 atom stereocenters. The average Bonchev–Trinajstić information content (AvgIpc) is 3.21. The molecule has 1 fully saturated rings. The minimum atomic E-state index is -0.887. The van der Waals surface area contributed by atoms with E-state index in [1.54, 1.807) is 18.9 Å². The first-order valence-corrected chi connectivity index (χ1v) is 15.3. The third-order valence-electron chi connectivity index (χ3n) is 9.02. The number of fused-ring (bicyclic) bond motifs is 4. The predicted molar refractivity (Wildman–Crippen MR) is 156 cm³/mol. The van der Waals surface area contributed by atoms with Gasteiger partial charge in [0.25, 0.3) is 0 Å². The van der Waals surface area contributed by atoms with E-state index in [1.165, 1.54) is 65.4 Å². The number of aromatic nitrogens is 1. The zero-order chi connectivity index (χ0) is 26.4. The lowest BCUT2D eigenvalue weighted by atomic mass is 9.81. The van der Waals surface area contributed by atoms with Crippen LogP contribution in [0.5, 0.6) is 5.75 Å². The molecule has 0 saturated heterocycles. The van der Waals surface area contributed by atoms with Gasteiger partial charge in [-0.2, -0.15) is 4.41 Å². The molecule has 3 aliphatic rings. The van der Waals surface area contributed by atoms with E-state index in [1.807, 2.05) is 6.92 Å². The Hall–Kier alpha value is -2.32. The van der Waals surface area contributed by atoms with Crippen molar-refractivity contribution < 1.29 is 9.53 Å². The molecule has 3 unspecified atom stereocenters. The number of nitrogens with zero attached hydrogens (tertiary/aromatic N) is 2. The highest BCUT2D eigenvalue weighted by molar-refractivity contribution is 7.96. The number of nitrogens with one attached hydrogen (secondary N) is 2. The number of Topliss-reactive ketones (excluding diaryl/α,β-unsaturated/α-hetero) is 1. The van der Waals surface area contributed by atoms with E-state index < -0.39 is 5.66 Å². The monoisotopic (exact) mass is 532 g/mol. The Morgan fingerprint density at radius 2 is 1.92 bits per heavy atom. The van der Waals surface area contributed by atoms with Crippen LogP contribution < -0.4 is 15.5 Å². The van der Waals surface area contributed by atoms with Gasteiger partial charge in [0.2, 0.25) is 0 Å². The molecule has 2 N–H and O–H groups in total. The zero-order valence-corrected chi connectivity index (χ0v) is 23.9. The van der Waals surface area contributed by atoms with Crippen LogP contribution in [0.2, 0.25) is 0 Å². The van der Waals surface area contributed by atoms with Crippen molar-refractivity contribution in [2.24, 2.45) is 5.92 Å². The second-order valence-electron chi connectivity index (χ2n) is 11.6. The molecular weight excluding hydrogens is 492 g/mol. The maximum atomic E-state index is 12.9. The van der Waals surface area contributed by atoms with Crippen LogP contribution in [0.4, 0.5) is 0 Å². The molecule has 4 bridgehead atoms. The first-order chi connectivity index (χ1) is 18.4. The normalized spacial score (nSPS) is 26.7. The molecule has 0 spiro atoms. The first kappa shape index (κ1) is 25.9. The molecule has 3 heterocycles. The van der Waals surface area contributed by atoms with Gasteiger partial charge in [0, 0.05) is 41.5 Å². The van der Waals surface area contributed by atoms with Crippen LogP contribution in [0.3, 0.4) is 0 Å². The van der Waals surface area contributed by atoms with Crippen molar-refractivity contribution >= 4 is 28.6 Å². The smallest absolute Gasteiger partial charge is 0.165 e. The lowest BCUT2D eigenvalue weighted by Gasteiger charge is -2.40. The van der Waals surface area contributed by atoms with Gasteiger partial charge in [0.05, 0.1) is 12.3 Å². The Morgan fingerprint density at radius 1 is 1.13 bits per heavy atom. The van der Waals surface area contributed by atoms with E-state index in [-0.39, 0.29) is 17.7 Å². The molecule has 1 saturated carbocycles. The van der Waals surface area contributed by atoms with Gasteiger partial charge in [-0.1, -0.05) is 55.5 Å². The van der Waals surface area contributed by atoms with Crippen molar-refractivity contribution in [3.8, 4) is 17.0 Å². The summed E-state index contributed by atoms with van der Waals surface area (Å²) in [5, 5.41) is 5.07. The van der Waals surface area contributed by atoms with Crippen molar-refractivity contribution in [3.05, 3.63) is 53.6 Å². The van der Waals surface area contributed by atoms with Crippen LogP contribution in [-0.4, -0.2) is 39.3 Å². The standard InChI is InChI=1S/C31H40N4O2S/c1-20-24-18-34-27-16-22(17-35(38-4)33-31(3,32-20)21(2)36)14-15-25(27)29(23-10-6-5-7-11-23)30(34)26-12-8-9-13-28(26)37-19-24/h8-9,12-16,20,23-24,32-33H,5-7,10-11,17-19H2,1-4H3. The fourth-order valence-corrected chi connectivity index (χ4v) is 7.28. The Kier molecular flexibility index (Phi) is 7.06. The summed E-state index contributed by atoms with van der Waals surface area (Å²) in [6.07, 6.45) is 8.49. The molecule has 6 rings (SSSR count). The molecule has 2 aliphatic heterocycles. The number of hydrazine groups is 1. The van der Waals surface area contributed by atoms with Crippen LogP contribution in [-0.2, 0) is 17.9 Å². The molecule has 3 aromatic rings. The van der Waals surface area contributed by atoms with Gasteiger partial charge in [-0.05, 0) is 75.1 Å². The van der Waals surface area contributed by atoms with Crippen molar-refractivity contribution in [1.29, 1.82) is 0 Å². The number of benzene rings is 2. The number of hydrogen-bond acceptors (Lipinski definition) is 6. The lowest BCUT2D eigenvalue weighted by molar-refractivity contribution is -0.126. The molecule has 7 heteroatoms. The summed E-state index contributed by atoms with van der Waals surface area (Å²) in [5.74, 6) is 1.76. The predicted octanol–water partition coefficient (Wildman–Crippen LogP) is 6.25. The maximum absolute atomic E-state index is 12.9. The number of ketones is 1. The summed E-state index contributed by atoms with van der Waals surface area (Å²) in [7, 11) is 0. The molecule has 6 nitrogen and oxygen atoms in total. The number of para-hydroxylation sites is 1. The third kappa shape index (κ3) is 4.57. The molecule has 1 aromatic heterocycles. The zero-order valence-electron chi connectivity index (χ0n) is 23.0. The fourth-order valence-electron chi connectivity index (χ4n) is 6.73. The minimum absolute atomic E-state index is 0.0383. The van der Waals surface area contributed by atoms with Gasteiger partial charge in [-0.3, -0.25) is 10.1 Å². The largest absolute Gasteiger partial charge is 0.492 e. The minimum Gasteiger partial charge on any atom is -0.492 e. The van der Waals surface area contributed by atoms with Gasteiger partial charge in [0.1, 0.15) is 11.4 Å². The summed E-state index contributed by atoms with van der Waals surface area (Å²) in [5.41, 5.74) is 9.23. The van der Waals surface area contributed by atoms with Gasteiger partial charge < -0.3 is 9.30 Å². The summed E-state index contributed by atoms with van der Waals surface area (Å²) in [6, 6.07) is 15.6. The van der Waals surface area contributed by atoms with Crippen molar-refractivity contribution in [1.82, 2.24) is 19.7 Å². The highest BCUT2D eigenvalue weighted by atomic mass is 32.2. The highest BCUT2D eigenvalue weighted by Crippen LogP contribution is 2.47. The molecule has 0 amide bonds. The van der Waals surface area contributed by atoms with E-state index in [0.29, 0.717) is 19.1 Å². The molecule has 0 radical (unpaired) electrons. The van der Waals surface area contributed by atoms with Gasteiger partial charge in [-0.15, -0.1) is 0 Å². The number of hydrogen-bond donors (Lipinski definition) is 2. The Bertz CT molecular complexity index is 1350. The van der Waals surface area contributed by atoms with E-state index in [0.717, 1.165) is 12.3 Å². The van der Waals surface area contributed by atoms with Crippen LogP contribution in [0.15, 0.2) is 42.5 Å². The SMILES string of the molecule is CSN1Cc2ccc3c(C4CCCCC4)c4n(c3c2)CC(COc2ccccc2-4)C(C)NC(C)(C(C)=O)N1. The quantitative estimate of drug-likeness (QED) is 0.389. The first-order valence-electron chi connectivity index (χ1n) is 14.1. The highest BCUT2D eigenvalue weighted by Gasteiger charge is 2.37. The van der Waals surface area contributed by atoms with Gasteiger partial charge >= 0.3 is 0 Å². The van der Waals surface area contributed by atoms with Gasteiger partial charge in [-0.25, -0.2) is 5.43 Å². The topological polar surface area (TPSA) is 58.5 Å². The van der Waals surface area contributed by atoms with E-state index in [9.17, 15) is 4.79 Å². The van der Waals surface area contributed by atoms with E-state index in [2.05, 4.69) is 75.4 Å². The average molecular weight is 533 g/mol. The van der Waals surface area contributed by atoms with Gasteiger partial charge in [0.15, 0.2) is 5.78 Å². The van der Waals surface area contributed by atoms with E-state index >= 15 is 0 Å². The molecule has 2 aromatic carbocycles. The number of rotatable bonds is 3. The number of carbonyl (C=O) groups excluding carboxylic acids is 1. The van der Waals surface area contributed by atoms with Crippen molar-refractivity contribution in [3.63, 3.8) is 0 Å². The second kappa shape index (κ2) is 10.3. The summed E-state index contributed by atoms with van der Waals surface area (Å²) in [4.78, 5) is 12.9. The Morgan fingerprint density at radius 3 is 2.68 bits per heavy atom. The van der Waals surface area contributed by atoms with Crippen LogP contribution in [0.25, 0.3) is 22.2 Å². The van der Waals surface area contributed by atoms with Crippen molar-refractivity contribution in [2.45, 2.75) is 83.6 Å². The molecule has 202 valence electrons. The second-order valence-corrected chi connectivity index (χ2v) is 12.4. The van der Waals surface area contributed by atoms with Crippen LogP contribution in [0.1, 0.15) is 69.9 Å². The number of carbonyl (C=O) groups is 1. The summed E-state index contributed by atoms with van der Waals surface area (Å²) in [6.45, 7) is 7.92. The molecule has 1 aliphatic carbocycles.